The first-order chi connectivity index (χ1) is 13.8. The van der Waals surface area contributed by atoms with E-state index < -0.39 is 17.9 Å². The Kier molecular flexibility index (Phi) is 9.10. The molecular weight excluding hydrogens is 380 g/mol. The standard InChI is InChI=1S/C19H30N4O6/c24-17(25)12-21-6-2-8-22(13-18(26)27)10-15-4-1-5-16(20-15)11-23(9-3-7-21)14-19(28)29/h1,4-5,15,20H,2-3,6-14H2,(H,24,25)(H,26,27)(H,28,29). The van der Waals surface area contributed by atoms with Crippen molar-refractivity contribution in [3.05, 3.63) is 23.9 Å². The van der Waals surface area contributed by atoms with Gasteiger partial charge < -0.3 is 20.6 Å². The molecule has 2 rings (SSSR count). The topological polar surface area (TPSA) is 134 Å². The Morgan fingerprint density at radius 3 is 2.00 bits per heavy atom. The highest BCUT2D eigenvalue weighted by Gasteiger charge is 2.20. The van der Waals surface area contributed by atoms with E-state index in [4.69, 9.17) is 5.11 Å². The molecule has 0 spiro atoms. The summed E-state index contributed by atoms with van der Waals surface area (Å²) in [5.41, 5.74) is 0.883. The van der Waals surface area contributed by atoms with Gasteiger partial charge in [-0.1, -0.05) is 12.2 Å². The minimum Gasteiger partial charge on any atom is -0.480 e. The van der Waals surface area contributed by atoms with Crippen LogP contribution in [0.5, 0.6) is 0 Å². The molecule has 0 amide bonds. The summed E-state index contributed by atoms with van der Waals surface area (Å²) in [6.45, 7) is 2.84. The van der Waals surface area contributed by atoms with Crippen LogP contribution in [0.3, 0.4) is 0 Å². The smallest absolute Gasteiger partial charge is 0.317 e. The van der Waals surface area contributed by atoms with Crippen molar-refractivity contribution in [1.29, 1.82) is 0 Å². The van der Waals surface area contributed by atoms with E-state index in [1.807, 2.05) is 32.9 Å². The van der Waals surface area contributed by atoms with Crippen LogP contribution in [0.4, 0.5) is 0 Å². The van der Waals surface area contributed by atoms with Crippen molar-refractivity contribution in [2.75, 3.05) is 58.9 Å². The van der Waals surface area contributed by atoms with E-state index in [9.17, 15) is 24.6 Å². The van der Waals surface area contributed by atoms with Crippen molar-refractivity contribution in [2.45, 2.75) is 18.9 Å². The number of rotatable bonds is 6. The predicted molar refractivity (Wildman–Crippen MR) is 106 cm³/mol. The van der Waals surface area contributed by atoms with Crippen LogP contribution in [0.25, 0.3) is 0 Å². The largest absolute Gasteiger partial charge is 0.480 e. The molecule has 1 unspecified atom stereocenters. The van der Waals surface area contributed by atoms with Crippen LogP contribution in [0.2, 0.25) is 0 Å². The van der Waals surface area contributed by atoms with E-state index in [1.54, 1.807) is 0 Å². The van der Waals surface area contributed by atoms with Gasteiger partial charge in [0.15, 0.2) is 0 Å². The summed E-state index contributed by atoms with van der Waals surface area (Å²) in [7, 11) is 0. The van der Waals surface area contributed by atoms with Gasteiger partial charge in [-0.15, -0.1) is 0 Å². The fourth-order valence-corrected chi connectivity index (χ4v) is 3.69. The molecular formula is C19H30N4O6. The van der Waals surface area contributed by atoms with E-state index in [2.05, 4.69) is 5.32 Å². The van der Waals surface area contributed by atoms with Crippen molar-refractivity contribution < 1.29 is 29.7 Å². The number of carboxylic acids is 3. The molecule has 0 aromatic carbocycles. The second kappa shape index (κ2) is 11.5. The molecule has 1 fully saturated rings. The fraction of sp³-hybridized carbons (Fsp3) is 0.632. The van der Waals surface area contributed by atoms with Gasteiger partial charge in [0, 0.05) is 31.9 Å². The lowest BCUT2D eigenvalue weighted by molar-refractivity contribution is -0.139. The first kappa shape index (κ1) is 22.9. The minimum atomic E-state index is -0.912. The fourth-order valence-electron chi connectivity index (χ4n) is 3.69. The van der Waals surface area contributed by atoms with Crippen LogP contribution < -0.4 is 5.32 Å². The van der Waals surface area contributed by atoms with Crippen LogP contribution in [-0.2, 0) is 14.4 Å². The predicted octanol–water partition coefficient (Wildman–Crippen LogP) is -0.648. The molecule has 0 radical (unpaired) electrons. The van der Waals surface area contributed by atoms with Crippen LogP contribution in [0.15, 0.2) is 23.9 Å². The summed E-state index contributed by atoms with van der Waals surface area (Å²) in [5.74, 6) is -2.73. The molecule has 10 heteroatoms. The number of hydrogen-bond acceptors (Lipinski definition) is 7. The Balaban J connectivity index is 2.13. The molecule has 2 aliphatic heterocycles. The third-order valence-electron chi connectivity index (χ3n) is 4.83. The maximum atomic E-state index is 11.2. The number of nitrogens with one attached hydrogen (secondary N) is 1. The summed E-state index contributed by atoms with van der Waals surface area (Å²) in [6.07, 6.45) is 7.07. The van der Waals surface area contributed by atoms with Gasteiger partial charge in [-0.2, -0.15) is 0 Å². The normalized spacial score (nSPS) is 22.9. The SMILES string of the molecule is O=C(O)CN1CCCN(CC(=O)O)CC2=CC=CC(CN(CC(=O)O)CCC1)N2. The molecule has 0 aromatic rings. The Bertz CT molecular complexity index is 651. The number of hydrogen-bond donors (Lipinski definition) is 4. The molecule has 1 saturated heterocycles. The lowest BCUT2D eigenvalue weighted by atomic mass is 10.1. The Morgan fingerprint density at radius 2 is 1.38 bits per heavy atom. The van der Waals surface area contributed by atoms with E-state index in [1.165, 1.54) is 0 Å². The maximum absolute atomic E-state index is 11.2. The lowest BCUT2D eigenvalue weighted by Crippen LogP contribution is -2.46. The molecule has 0 aliphatic carbocycles. The molecule has 0 aromatic heterocycles. The zero-order valence-corrected chi connectivity index (χ0v) is 16.5. The van der Waals surface area contributed by atoms with Gasteiger partial charge >= 0.3 is 17.9 Å². The van der Waals surface area contributed by atoms with Crippen LogP contribution in [0, 0.1) is 0 Å². The minimum absolute atomic E-state index is 0.0703. The third-order valence-corrected chi connectivity index (χ3v) is 4.83. The quantitative estimate of drug-likeness (QED) is 0.448. The van der Waals surface area contributed by atoms with Gasteiger partial charge in [0.1, 0.15) is 0 Å². The third kappa shape index (κ3) is 9.07. The average molecular weight is 410 g/mol. The number of aliphatic carboxylic acids is 3. The van der Waals surface area contributed by atoms with Gasteiger partial charge in [-0.25, -0.2) is 0 Å². The molecule has 0 saturated carbocycles. The number of carbonyl (C=O) groups is 3. The Morgan fingerprint density at radius 1 is 0.862 bits per heavy atom. The molecule has 10 nitrogen and oxygen atoms in total. The average Bonchev–Trinajstić information content (AvgIpc) is 2.59. The number of allylic oxidation sites excluding steroid dienone is 2. The number of carboxylic acid groups (broad SMARTS) is 3. The zero-order chi connectivity index (χ0) is 21.2. The zero-order valence-electron chi connectivity index (χ0n) is 16.5. The highest BCUT2D eigenvalue weighted by Crippen LogP contribution is 2.09. The summed E-state index contributed by atoms with van der Waals surface area (Å²) in [4.78, 5) is 39.1. The molecule has 162 valence electrons. The van der Waals surface area contributed by atoms with Gasteiger partial charge in [0.05, 0.1) is 25.7 Å². The van der Waals surface area contributed by atoms with E-state index in [-0.39, 0.29) is 25.7 Å². The van der Waals surface area contributed by atoms with Crippen LogP contribution in [0.1, 0.15) is 12.8 Å². The van der Waals surface area contributed by atoms with Gasteiger partial charge in [-0.3, -0.25) is 29.1 Å². The van der Waals surface area contributed by atoms with Crippen LogP contribution >= 0.6 is 0 Å². The summed E-state index contributed by atoms with van der Waals surface area (Å²) in [6, 6.07) is -0.0703. The van der Waals surface area contributed by atoms with Crippen LogP contribution in [-0.4, -0.2) is 113 Å². The molecule has 2 aliphatic rings. The Hall–Kier alpha value is -2.43. The first-order valence-corrected chi connectivity index (χ1v) is 9.78. The molecule has 1 atom stereocenters. The second-order valence-electron chi connectivity index (χ2n) is 7.44. The van der Waals surface area contributed by atoms with Crippen molar-refractivity contribution in [2.24, 2.45) is 0 Å². The molecule has 29 heavy (non-hydrogen) atoms. The number of fused-ring (bicyclic) bond motifs is 2. The summed E-state index contributed by atoms with van der Waals surface area (Å²) < 4.78 is 0. The second-order valence-corrected chi connectivity index (χ2v) is 7.44. The lowest BCUT2D eigenvalue weighted by Gasteiger charge is -2.32. The number of nitrogens with zero attached hydrogens (tertiary/aromatic N) is 3. The number of dihydropyridines is 1. The van der Waals surface area contributed by atoms with Crippen molar-refractivity contribution in [3.8, 4) is 0 Å². The van der Waals surface area contributed by atoms with E-state index in [0.717, 1.165) is 5.70 Å². The maximum Gasteiger partial charge on any atom is 0.317 e. The van der Waals surface area contributed by atoms with Crippen molar-refractivity contribution >= 4 is 17.9 Å². The summed E-state index contributed by atoms with van der Waals surface area (Å²) >= 11 is 0. The first-order valence-electron chi connectivity index (χ1n) is 9.78. The van der Waals surface area contributed by atoms with Crippen molar-refractivity contribution in [3.63, 3.8) is 0 Å². The highest BCUT2D eigenvalue weighted by atomic mass is 16.4. The molecule has 2 heterocycles. The molecule has 4 N–H and O–H groups in total. The van der Waals surface area contributed by atoms with E-state index in [0.29, 0.717) is 52.1 Å². The summed E-state index contributed by atoms with van der Waals surface area (Å²) in [5, 5.41) is 30.9. The van der Waals surface area contributed by atoms with Gasteiger partial charge in [0.25, 0.3) is 0 Å². The monoisotopic (exact) mass is 410 g/mol. The van der Waals surface area contributed by atoms with Gasteiger partial charge in [-0.05, 0) is 32.0 Å². The highest BCUT2D eigenvalue weighted by molar-refractivity contribution is 5.69. The Labute approximate surface area is 170 Å². The van der Waals surface area contributed by atoms with E-state index >= 15 is 0 Å². The molecule has 2 bridgehead atoms. The van der Waals surface area contributed by atoms with Gasteiger partial charge in [0.2, 0.25) is 0 Å². The van der Waals surface area contributed by atoms with Crippen molar-refractivity contribution in [1.82, 2.24) is 20.0 Å².